The van der Waals surface area contributed by atoms with Crippen LogP contribution >= 0.6 is 7.82 Å². The minimum atomic E-state index is -4.71. The molecule has 0 bridgehead atoms. The van der Waals surface area contributed by atoms with Gasteiger partial charge in [0.1, 0.15) is 19.3 Å². The highest BCUT2D eigenvalue weighted by Crippen LogP contribution is 2.38. The number of nitrogens with zero attached hydrogens (tertiary/aromatic N) is 1. The Morgan fingerprint density at radius 2 is 0.678 bits per heavy atom. The van der Waals surface area contributed by atoms with Gasteiger partial charge in [-0.25, -0.2) is 0 Å². The van der Waals surface area contributed by atoms with Gasteiger partial charge in [0.15, 0.2) is 0 Å². The SMILES string of the molecule is CCCCC/C=C\C/C=C\C/C=C\C/C=C\CCCCCCCCCCCCCC(=O)OC(/C=C/CCCCCCCCCCCC)C(COP(=O)([O-])OCC[N+](C)(C)C)NC(=O)CCCCCCCCCCCCCCCCCCCCCCCCCCC. The van der Waals surface area contributed by atoms with Gasteiger partial charge in [0.05, 0.1) is 33.8 Å². The molecule has 1 N–H and O–H groups in total. The Morgan fingerprint density at radius 1 is 0.389 bits per heavy atom. The quantitative estimate of drug-likeness (QED) is 0.0212. The van der Waals surface area contributed by atoms with Crippen LogP contribution < -0.4 is 10.2 Å². The lowest BCUT2D eigenvalue weighted by atomic mass is 10.0. The van der Waals surface area contributed by atoms with Crippen LogP contribution in [0.3, 0.4) is 0 Å². The molecular formula is C80H151N2O7P. The highest BCUT2D eigenvalue weighted by atomic mass is 31.2. The molecule has 0 rings (SSSR count). The van der Waals surface area contributed by atoms with Crippen LogP contribution in [0.5, 0.6) is 0 Å². The number of rotatable bonds is 72. The number of hydrogen-bond acceptors (Lipinski definition) is 7. The van der Waals surface area contributed by atoms with Crippen LogP contribution in [-0.4, -0.2) is 69.4 Å². The molecule has 10 heteroatoms. The maximum Gasteiger partial charge on any atom is 0.306 e. The summed E-state index contributed by atoms with van der Waals surface area (Å²) < 4.78 is 30.5. The Morgan fingerprint density at radius 3 is 1.03 bits per heavy atom. The standard InChI is InChI=1S/C80H151N2O7P/c1-7-10-13-16-19-22-25-28-30-32-34-36-38-40-41-43-45-47-49-51-53-55-58-61-64-67-70-73-80(84)89-78(71-68-65-62-59-56-27-24-21-18-15-12-9-3)77(76-88-90(85,86)87-75-74-82(4,5)6)81-79(83)72-69-66-63-60-57-54-52-50-48-46-44-42-39-37-35-33-31-29-26-23-20-17-14-11-8-2/h19,22,28,30,34,36,40-41,68,71,77-78H,7-18,20-21,23-27,29,31-33,35,37-39,42-67,69-70,72-76H2,1-6H3,(H-,81,83,85,86)/b22-19-,30-28-,36-34-,41-40-,71-68+. The van der Waals surface area contributed by atoms with E-state index in [2.05, 4.69) is 74.7 Å². The zero-order valence-electron chi connectivity index (χ0n) is 60.6. The van der Waals surface area contributed by atoms with Crippen molar-refractivity contribution in [3.63, 3.8) is 0 Å². The second kappa shape index (κ2) is 69.5. The van der Waals surface area contributed by atoms with Gasteiger partial charge in [0.2, 0.25) is 5.91 Å². The Bertz CT molecular complexity index is 1720. The number of hydrogen-bond donors (Lipinski definition) is 1. The van der Waals surface area contributed by atoms with Gasteiger partial charge >= 0.3 is 5.97 Å². The van der Waals surface area contributed by atoms with Gasteiger partial charge in [0, 0.05) is 12.8 Å². The van der Waals surface area contributed by atoms with E-state index in [-0.39, 0.29) is 31.5 Å². The minimum absolute atomic E-state index is 0.0215. The summed E-state index contributed by atoms with van der Waals surface area (Å²) in [4.78, 5) is 40.3. The maximum atomic E-state index is 13.6. The van der Waals surface area contributed by atoms with E-state index in [4.69, 9.17) is 13.8 Å². The molecule has 9 nitrogen and oxygen atoms in total. The van der Waals surface area contributed by atoms with E-state index < -0.39 is 20.0 Å². The van der Waals surface area contributed by atoms with Crippen LogP contribution in [0.15, 0.2) is 60.8 Å². The number of ether oxygens (including phenoxy) is 1. The summed E-state index contributed by atoms with van der Waals surface area (Å²) in [5.41, 5.74) is 0. The number of unbranched alkanes of at least 4 members (excludes halogenated alkanes) is 48. The molecule has 528 valence electrons. The van der Waals surface area contributed by atoms with E-state index in [0.717, 1.165) is 77.0 Å². The molecule has 0 aliphatic rings. The molecule has 0 aromatic heterocycles. The van der Waals surface area contributed by atoms with Crippen LogP contribution in [-0.2, 0) is 27.9 Å². The van der Waals surface area contributed by atoms with Gasteiger partial charge < -0.3 is 28.5 Å². The third kappa shape index (κ3) is 70.0. The van der Waals surface area contributed by atoms with E-state index in [0.29, 0.717) is 17.4 Å². The number of nitrogens with one attached hydrogen (secondary N) is 1. The predicted molar refractivity (Wildman–Crippen MR) is 390 cm³/mol. The van der Waals surface area contributed by atoms with Gasteiger partial charge in [-0.3, -0.25) is 14.2 Å². The number of carbonyl (C=O) groups excluding carboxylic acids is 2. The maximum absolute atomic E-state index is 13.6. The summed E-state index contributed by atoms with van der Waals surface area (Å²) in [7, 11) is 1.20. The third-order valence-electron chi connectivity index (χ3n) is 17.7. The van der Waals surface area contributed by atoms with Crippen molar-refractivity contribution in [1.82, 2.24) is 5.32 Å². The first kappa shape index (κ1) is 87.7. The molecule has 3 atom stereocenters. The molecular weight excluding hydrogens is 1130 g/mol. The highest BCUT2D eigenvalue weighted by Gasteiger charge is 2.27. The lowest BCUT2D eigenvalue weighted by Gasteiger charge is -2.30. The van der Waals surface area contributed by atoms with Gasteiger partial charge in [-0.1, -0.05) is 358 Å². The molecule has 1 amide bonds. The fraction of sp³-hybridized carbons (Fsp3) is 0.850. The Hall–Kier alpha value is -2.29. The molecule has 0 saturated carbocycles. The first-order valence-corrected chi connectivity index (χ1v) is 40.6. The minimum Gasteiger partial charge on any atom is -0.756 e. The topological polar surface area (TPSA) is 114 Å². The second-order valence-corrected chi connectivity index (χ2v) is 29.3. The lowest BCUT2D eigenvalue weighted by Crippen LogP contribution is -2.47. The number of likely N-dealkylation sites (N-methyl/N-ethyl adjacent to an activating group) is 1. The fourth-order valence-corrected chi connectivity index (χ4v) is 12.4. The van der Waals surface area contributed by atoms with Crippen LogP contribution in [0.25, 0.3) is 0 Å². The third-order valence-corrected chi connectivity index (χ3v) is 18.7. The summed E-state index contributed by atoms with van der Waals surface area (Å²) in [6.07, 6.45) is 90.8. The van der Waals surface area contributed by atoms with Crippen molar-refractivity contribution in [1.29, 1.82) is 0 Å². The van der Waals surface area contributed by atoms with Gasteiger partial charge in [-0.15, -0.1) is 0 Å². The number of phosphoric ester groups is 1. The summed E-state index contributed by atoms with van der Waals surface area (Å²) in [6.45, 7) is 6.88. The molecule has 0 radical (unpaired) electrons. The lowest BCUT2D eigenvalue weighted by molar-refractivity contribution is -0.870. The Balaban J connectivity index is 4.94. The average molecular weight is 1280 g/mol. The summed E-state index contributed by atoms with van der Waals surface area (Å²) >= 11 is 0. The average Bonchev–Trinajstić information content (AvgIpc) is 3.12. The number of esters is 1. The smallest absolute Gasteiger partial charge is 0.306 e. The van der Waals surface area contributed by atoms with Crippen molar-refractivity contribution in [2.45, 2.75) is 399 Å². The van der Waals surface area contributed by atoms with Gasteiger partial charge in [-0.05, 0) is 76.7 Å². The van der Waals surface area contributed by atoms with Crippen molar-refractivity contribution in [2.24, 2.45) is 0 Å². The molecule has 0 saturated heterocycles. The Kier molecular flexibility index (Phi) is 67.8. The largest absolute Gasteiger partial charge is 0.756 e. The van der Waals surface area contributed by atoms with E-state index in [1.807, 2.05) is 33.3 Å². The molecule has 0 aromatic carbocycles. The van der Waals surface area contributed by atoms with E-state index in [1.165, 1.54) is 276 Å². The Labute approximate surface area is 560 Å². The van der Waals surface area contributed by atoms with Crippen LogP contribution in [0, 0.1) is 0 Å². The van der Waals surface area contributed by atoms with Crippen molar-refractivity contribution in [3.05, 3.63) is 60.8 Å². The summed E-state index contributed by atoms with van der Waals surface area (Å²) in [5, 5.41) is 3.06. The molecule has 0 aliphatic carbocycles. The molecule has 0 spiro atoms. The zero-order valence-corrected chi connectivity index (χ0v) is 61.5. The first-order valence-electron chi connectivity index (χ1n) is 39.1. The van der Waals surface area contributed by atoms with E-state index in [1.54, 1.807) is 0 Å². The molecule has 0 heterocycles. The summed E-state index contributed by atoms with van der Waals surface area (Å²) in [5.74, 6) is -0.526. The van der Waals surface area contributed by atoms with E-state index in [9.17, 15) is 19.0 Å². The van der Waals surface area contributed by atoms with Crippen LogP contribution in [0.4, 0.5) is 0 Å². The first-order chi connectivity index (χ1) is 43.9. The predicted octanol–water partition coefficient (Wildman–Crippen LogP) is 24.7. The van der Waals surface area contributed by atoms with Gasteiger partial charge in [-0.2, -0.15) is 0 Å². The molecule has 0 aromatic rings. The van der Waals surface area contributed by atoms with Crippen molar-refractivity contribution in [3.8, 4) is 0 Å². The molecule has 0 aliphatic heterocycles. The van der Waals surface area contributed by atoms with Crippen molar-refractivity contribution in [2.75, 3.05) is 40.9 Å². The van der Waals surface area contributed by atoms with Crippen molar-refractivity contribution < 1.29 is 37.3 Å². The van der Waals surface area contributed by atoms with E-state index >= 15 is 0 Å². The number of phosphoric acid groups is 1. The molecule has 90 heavy (non-hydrogen) atoms. The number of amides is 1. The summed E-state index contributed by atoms with van der Waals surface area (Å²) in [6, 6.07) is -0.890. The molecule has 0 fully saturated rings. The normalized spacial score (nSPS) is 13.7. The number of allylic oxidation sites excluding steroid dienone is 9. The number of quaternary nitrogens is 1. The monoisotopic (exact) mass is 1280 g/mol. The zero-order chi connectivity index (χ0) is 65.6. The van der Waals surface area contributed by atoms with Crippen LogP contribution in [0.1, 0.15) is 387 Å². The fourth-order valence-electron chi connectivity index (χ4n) is 11.7. The number of carbonyl (C=O) groups is 2. The van der Waals surface area contributed by atoms with Crippen molar-refractivity contribution >= 4 is 19.7 Å². The van der Waals surface area contributed by atoms with Gasteiger partial charge in [0.25, 0.3) is 7.82 Å². The highest BCUT2D eigenvalue weighted by molar-refractivity contribution is 7.45. The molecule has 3 unspecified atom stereocenters. The second-order valence-electron chi connectivity index (χ2n) is 27.9. The van der Waals surface area contributed by atoms with Crippen LogP contribution in [0.2, 0.25) is 0 Å².